The van der Waals surface area contributed by atoms with Crippen molar-refractivity contribution in [2.75, 3.05) is 19.7 Å². The molecule has 1 aliphatic heterocycles. The van der Waals surface area contributed by atoms with Crippen LogP contribution >= 0.6 is 0 Å². The van der Waals surface area contributed by atoms with E-state index in [9.17, 15) is 20.7 Å². The number of ether oxygens (including phenoxy) is 1. The third-order valence-corrected chi connectivity index (χ3v) is 5.66. The summed E-state index contributed by atoms with van der Waals surface area (Å²) < 4.78 is 65.3. The Bertz CT molecular complexity index is 684. The van der Waals surface area contributed by atoms with Gasteiger partial charge in [-0.3, -0.25) is 0 Å². The smallest absolute Gasteiger partial charge is 0.332 e. The van der Waals surface area contributed by atoms with Crippen LogP contribution < -0.4 is 0 Å². The zero-order valence-electron chi connectivity index (χ0n) is 10.7. The number of rotatable bonds is 3. The molecule has 0 saturated carbocycles. The molecule has 1 unspecified atom stereocenters. The van der Waals surface area contributed by atoms with Crippen molar-refractivity contribution in [3.63, 3.8) is 0 Å². The van der Waals surface area contributed by atoms with Crippen molar-refractivity contribution in [3.05, 3.63) is 24.3 Å². The standard InChI is InChI=1S/C11H14FNO5S2/c1-9-8-13(6-7-18-9)20(16,17)11-4-2-10(3-5-11)19(12,14)15/h2-5,9H,6-8H2,1H3. The Kier molecular flexibility index (Phi) is 4.14. The highest BCUT2D eigenvalue weighted by Crippen LogP contribution is 2.21. The summed E-state index contributed by atoms with van der Waals surface area (Å²) in [5.41, 5.74) is 0. The van der Waals surface area contributed by atoms with Gasteiger partial charge in [0.25, 0.3) is 0 Å². The SMILES string of the molecule is CC1CN(S(=O)(=O)c2ccc(S(=O)(=O)F)cc2)CCO1. The molecule has 0 radical (unpaired) electrons. The van der Waals surface area contributed by atoms with Crippen LogP contribution in [0.15, 0.2) is 34.1 Å². The Balaban J connectivity index is 2.30. The number of nitrogens with zero attached hydrogens (tertiary/aromatic N) is 1. The normalized spacial score (nSPS) is 21.8. The second-order valence-electron chi connectivity index (χ2n) is 4.45. The molecule has 2 rings (SSSR count). The second kappa shape index (κ2) is 5.40. The number of morpholine rings is 1. The van der Waals surface area contributed by atoms with E-state index in [2.05, 4.69) is 0 Å². The Labute approximate surface area is 117 Å². The summed E-state index contributed by atoms with van der Waals surface area (Å²) >= 11 is 0. The lowest BCUT2D eigenvalue weighted by atomic mass is 10.3. The van der Waals surface area contributed by atoms with Gasteiger partial charge in [0.05, 0.1) is 22.5 Å². The molecule has 0 aliphatic carbocycles. The van der Waals surface area contributed by atoms with E-state index in [1.165, 1.54) is 4.31 Å². The predicted octanol–water partition coefficient (Wildman–Crippen LogP) is 0.754. The number of halogens is 1. The van der Waals surface area contributed by atoms with Gasteiger partial charge in [-0.05, 0) is 31.2 Å². The Morgan fingerprint density at radius 2 is 1.70 bits per heavy atom. The minimum Gasteiger partial charge on any atom is -0.376 e. The highest BCUT2D eigenvalue weighted by Gasteiger charge is 2.29. The first-order valence-electron chi connectivity index (χ1n) is 5.88. The van der Waals surface area contributed by atoms with E-state index >= 15 is 0 Å². The zero-order valence-corrected chi connectivity index (χ0v) is 12.3. The highest BCUT2D eigenvalue weighted by atomic mass is 32.3. The predicted molar refractivity (Wildman–Crippen MR) is 68.9 cm³/mol. The van der Waals surface area contributed by atoms with Crippen molar-refractivity contribution >= 4 is 20.2 Å². The number of hydrogen-bond donors (Lipinski definition) is 0. The van der Waals surface area contributed by atoms with Crippen LogP contribution in [0.1, 0.15) is 6.92 Å². The Morgan fingerprint density at radius 1 is 1.15 bits per heavy atom. The summed E-state index contributed by atoms with van der Waals surface area (Å²) in [7, 11) is -8.55. The van der Waals surface area contributed by atoms with Gasteiger partial charge in [0.2, 0.25) is 10.0 Å². The molecule has 0 spiro atoms. The third-order valence-electron chi connectivity index (χ3n) is 2.95. The maximum Gasteiger partial charge on any atom is 0.332 e. The fourth-order valence-corrected chi connectivity index (χ4v) is 3.89. The molecule has 0 amide bonds. The molecule has 1 aromatic rings. The molecule has 20 heavy (non-hydrogen) atoms. The fourth-order valence-electron chi connectivity index (χ4n) is 1.93. The highest BCUT2D eigenvalue weighted by molar-refractivity contribution is 7.89. The van der Waals surface area contributed by atoms with Crippen LogP contribution in [-0.2, 0) is 25.0 Å². The fraction of sp³-hybridized carbons (Fsp3) is 0.455. The largest absolute Gasteiger partial charge is 0.376 e. The van der Waals surface area contributed by atoms with Gasteiger partial charge in [-0.1, -0.05) is 0 Å². The number of sulfonamides is 1. The molecular formula is C11H14FNO5S2. The van der Waals surface area contributed by atoms with Crippen LogP contribution in [0, 0.1) is 0 Å². The molecule has 6 nitrogen and oxygen atoms in total. The van der Waals surface area contributed by atoms with E-state index in [1.54, 1.807) is 6.92 Å². The van der Waals surface area contributed by atoms with Crippen molar-refractivity contribution in [2.24, 2.45) is 0 Å². The molecule has 1 aromatic carbocycles. The van der Waals surface area contributed by atoms with Gasteiger partial charge >= 0.3 is 10.2 Å². The van der Waals surface area contributed by atoms with Gasteiger partial charge in [-0.25, -0.2) is 8.42 Å². The van der Waals surface area contributed by atoms with Crippen molar-refractivity contribution < 1.29 is 25.5 Å². The van der Waals surface area contributed by atoms with Crippen LogP contribution in [0.3, 0.4) is 0 Å². The van der Waals surface area contributed by atoms with E-state index in [4.69, 9.17) is 4.74 Å². The van der Waals surface area contributed by atoms with Gasteiger partial charge in [0, 0.05) is 13.1 Å². The van der Waals surface area contributed by atoms with Gasteiger partial charge in [0.15, 0.2) is 0 Å². The monoisotopic (exact) mass is 323 g/mol. The molecule has 0 aromatic heterocycles. The molecule has 1 aliphatic rings. The van der Waals surface area contributed by atoms with Gasteiger partial charge < -0.3 is 4.74 Å². The first-order chi connectivity index (χ1) is 9.21. The quantitative estimate of drug-likeness (QED) is 0.767. The van der Waals surface area contributed by atoms with Crippen LogP contribution in [0.2, 0.25) is 0 Å². The van der Waals surface area contributed by atoms with E-state index in [1.807, 2.05) is 0 Å². The average molecular weight is 323 g/mol. The van der Waals surface area contributed by atoms with Crippen LogP contribution in [-0.4, -0.2) is 46.9 Å². The van der Waals surface area contributed by atoms with Crippen LogP contribution in [0.5, 0.6) is 0 Å². The lowest BCUT2D eigenvalue weighted by Gasteiger charge is -2.30. The average Bonchev–Trinajstić information content (AvgIpc) is 2.38. The maximum absolute atomic E-state index is 12.8. The van der Waals surface area contributed by atoms with E-state index < -0.39 is 25.1 Å². The minimum atomic E-state index is -4.83. The van der Waals surface area contributed by atoms with Crippen molar-refractivity contribution in [3.8, 4) is 0 Å². The molecule has 112 valence electrons. The molecule has 1 saturated heterocycles. The summed E-state index contributed by atoms with van der Waals surface area (Å²) in [5, 5.41) is 0. The van der Waals surface area contributed by atoms with Crippen molar-refractivity contribution in [1.82, 2.24) is 4.31 Å². The molecule has 9 heteroatoms. The van der Waals surface area contributed by atoms with E-state index in [0.717, 1.165) is 24.3 Å². The summed E-state index contributed by atoms with van der Waals surface area (Å²) in [6.07, 6.45) is -0.205. The van der Waals surface area contributed by atoms with Crippen molar-refractivity contribution in [2.45, 2.75) is 22.8 Å². The van der Waals surface area contributed by atoms with Gasteiger partial charge in [0.1, 0.15) is 0 Å². The van der Waals surface area contributed by atoms with Gasteiger partial charge in [-0.2, -0.15) is 12.7 Å². The minimum absolute atomic E-state index is 0.0704. The molecule has 0 bridgehead atoms. The Morgan fingerprint density at radius 3 is 2.20 bits per heavy atom. The molecular weight excluding hydrogens is 309 g/mol. The maximum atomic E-state index is 12.8. The first kappa shape index (κ1) is 15.4. The summed E-state index contributed by atoms with van der Waals surface area (Å²) in [5.74, 6) is 0. The molecule has 1 atom stereocenters. The Hall–Kier alpha value is -1.03. The first-order valence-corrected chi connectivity index (χ1v) is 8.70. The summed E-state index contributed by atoms with van der Waals surface area (Å²) in [6, 6.07) is 4.04. The van der Waals surface area contributed by atoms with Crippen molar-refractivity contribution in [1.29, 1.82) is 0 Å². The number of hydrogen-bond acceptors (Lipinski definition) is 5. The second-order valence-corrected chi connectivity index (χ2v) is 7.74. The summed E-state index contributed by atoms with van der Waals surface area (Å²) in [6.45, 7) is 2.53. The molecule has 1 fully saturated rings. The third kappa shape index (κ3) is 3.17. The number of benzene rings is 1. The van der Waals surface area contributed by atoms with Crippen LogP contribution in [0.4, 0.5) is 3.89 Å². The van der Waals surface area contributed by atoms with Crippen LogP contribution in [0.25, 0.3) is 0 Å². The molecule has 1 heterocycles. The lowest BCUT2D eigenvalue weighted by molar-refractivity contribution is 0.0102. The van der Waals surface area contributed by atoms with Gasteiger partial charge in [-0.15, -0.1) is 3.89 Å². The topological polar surface area (TPSA) is 80.8 Å². The van der Waals surface area contributed by atoms with E-state index in [-0.39, 0.29) is 24.1 Å². The lowest BCUT2D eigenvalue weighted by Crippen LogP contribution is -2.44. The zero-order chi connectivity index (χ0) is 15.0. The molecule has 0 N–H and O–H groups in total. The van der Waals surface area contributed by atoms with E-state index in [0.29, 0.717) is 6.61 Å². The summed E-state index contributed by atoms with van der Waals surface area (Å²) in [4.78, 5) is -0.634.